The van der Waals surface area contributed by atoms with E-state index in [-0.39, 0.29) is 6.54 Å². The fourth-order valence-electron chi connectivity index (χ4n) is 3.77. The molecule has 0 unspecified atom stereocenters. The van der Waals surface area contributed by atoms with E-state index in [4.69, 9.17) is 0 Å². The van der Waals surface area contributed by atoms with Gasteiger partial charge in [0.1, 0.15) is 0 Å². The van der Waals surface area contributed by atoms with Crippen LogP contribution >= 0.6 is 0 Å². The molecule has 1 aromatic heterocycles. The van der Waals surface area contributed by atoms with Crippen molar-refractivity contribution in [2.75, 3.05) is 18.0 Å². The van der Waals surface area contributed by atoms with Crippen LogP contribution in [0.25, 0.3) is 0 Å². The number of benzene rings is 1. The number of hydrogen-bond acceptors (Lipinski definition) is 5. The molecule has 0 saturated carbocycles. The molecule has 0 amide bonds. The molecular formula is C20H28N4O2S. The maximum Gasteiger partial charge on any atom is 0.241 e. The van der Waals surface area contributed by atoms with Crippen molar-refractivity contribution in [3.63, 3.8) is 0 Å². The summed E-state index contributed by atoms with van der Waals surface area (Å²) in [6.45, 7) is 9.61. The fourth-order valence-corrected chi connectivity index (χ4v) is 5.22. The molecule has 2 heterocycles. The van der Waals surface area contributed by atoms with Crippen LogP contribution in [0.2, 0.25) is 0 Å². The van der Waals surface area contributed by atoms with E-state index in [2.05, 4.69) is 19.6 Å². The summed E-state index contributed by atoms with van der Waals surface area (Å²) in [5.41, 5.74) is 4.11. The topological polar surface area (TPSA) is 75.2 Å². The van der Waals surface area contributed by atoms with Gasteiger partial charge in [0.2, 0.25) is 16.0 Å². The van der Waals surface area contributed by atoms with Gasteiger partial charge in [0.15, 0.2) is 0 Å². The Hall–Kier alpha value is -1.99. The average molecular weight is 389 g/mol. The zero-order valence-electron chi connectivity index (χ0n) is 16.5. The molecule has 2 aromatic rings. The molecule has 0 atom stereocenters. The highest BCUT2D eigenvalue weighted by atomic mass is 32.2. The molecule has 1 aromatic carbocycles. The van der Waals surface area contributed by atoms with Crippen molar-refractivity contribution >= 4 is 16.0 Å². The molecule has 0 spiro atoms. The van der Waals surface area contributed by atoms with Gasteiger partial charge in [0.05, 0.1) is 17.1 Å². The number of nitrogens with one attached hydrogen (secondary N) is 1. The lowest BCUT2D eigenvalue weighted by atomic mass is 10.1. The van der Waals surface area contributed by atoms with Crippen LogP contribution in [-0.4, -0.2) is 31.5 Å². The summed E-state index contributed by atoms with van der Waals surface area (Å²) in [5, 5.41) is 0. The van der Waals surface area contributed by atoms with Crippen molar-refractivity contribution in [2.24, 2.45) is 0 Å². The minimum absolute atomic E-state index is 0.152. The van der Waals surface area contributed by atoms with Crippen LogP contribution in [0, 0.1) is 27.7 Å². The molecule has 1 aliphatic rings. The number of aromatic nitrogens is 2. The second kappa shape index (κ2) is 7.94. The molecule has 1 fully saturated rings. The van der Waals surface area contributed by atoms with Gasteiger partial charge in [-0.25, -0.2) is 23.1 Å². The summed E-state index contributed by atoms with van der Waals surface area (Å²) >= 11 is 0. The Labute approximate surface area is 162 Å². The quantitative estimate of drug-likeness (QED) is 0.851. The first-order valence-corrected chi connectivity index (χ1v) is 10.9. The van der Waals surface area contributed by atoms with Crippen LogP contribution in [0.1, 0.15) is 47.3 Å². The zero-order valence-corrected chi connectivity index (χ0v) is 17.4. The van der Waals surface area contributed by atoms with Gasteiger partial charge in [0, 0.05) is 18.8 Å². The van der Waals surface area contributed by atoms with E-state index in [1.165, 1.54) is 6.42 Å². The molecule has 0 radical (unpaired) electrons. The minimum atomic E-state index is -3.61. The van der Waals surface area contributed by atoms with Crippen molar-refractivity contribution in [3.05, 3.63) is 46.3 Å². The van der Waals surface area contributed by atoms with Crippen molar-refractivity contribution in [1.29, 1.82) is 0 Å². The Morgan fingerprint density at radius 1 is 0.963 bits per heavy atom. The standard InChI is InChI=1S/C20H28N4O2S/c1-14-10-15(2)19(16(3)11-14)27(25,26)21-13-18-12-17(4)22-20(23-18)24-8-6-5-7-9-24/h10-12,21H,5-9,13H2,1-4H3. The third-order valence-electron chi connectivity index (χ3n) is 4.85. The lowest BCUT2D eigenvalue weighted by Gasteiger charge is -2.27. The summed E-state index contributed by atoms with van der Waals surface area (Å²) in [7, 11) is -3.61. The van der Waals surface area contributed by atoms with E-state index in [0.29, 0.717) is 16.5 Å². The largest absolute Gasteiger partial charge is 0.341 e. The number of anilines is 1. The SMILES string of the molecule is Cc1cc(C)c(S(=O)(=O)NCc2cc(C)nc(N3CCCCC3)n2)c(C)c1. The predicted molar refractivity (Wildman–Crippen MR) is 108 cm³/mol. The normalized spacial score (nSPS) is 15.2. The van der Waals surface area contributed by atoms with Gasteiger partial charge in [0.25, 0.3) is 0 Å². The molecule has 0 bridgehead atoms. The highest BCUT2D eigenvalue weighted by Gasteiger charge is 2.20. The van der Waals surface area contributed by atoms with Crippen LogP contribution in [-0.2, 0) is 16.6 Å². The first kappa shape index (κ1) is 19.8. The molecule has 7 heteroatoms. The van der Waals surface area contributed by atoms with Crippen LogP contribution < -0.4 is 9.62 Å². The van der Waals surface area contributed by atoms with Crippen LogP contribution in [0.3, 0.4) is 0 Å². The maximum absolute atomic E-state index is 12.9. The van der Waals surface area contributed by atoms with Gasteiger partial charge in [-0.15, -0.1) is 0 Å². The molecule has 1 aliphatic heterocycles. The van der Waals surface area contributed by atoms with E-state index < -0.39 is 10.0 Å². The summed E-state index contributed by atoms with van der Waals surface area (Å²) < 4.78 is 28.4. The first-order valence-electron chi connectivity index (χ1n) is 9.43. The number of piperidine rings is 1. The lowest BCUT2D eigenvalue weighted by Crippen LogP contribution is -2.32. The van der Waals surface area contributed by atoms with Crippen molar-refractivity contribution in [3.8, 4) is 0 Å². The first-order chi connectivity index (χ1) is 12.8. The summed E-state index contributed by atoms with van der Waals surface area (Å²) in [6.07, 6.45) is 3.53. The van der Waals surface area contributed by atoms with Crippen molar-refractivity contribution in [1.82, 2.24) is 14.7 Å². The molecule has 1 saturated heterocycles. The number of rotatable bonds is 5. The molecule has 27 heavy (non-hydrogen) atoms. The summed E-state index contributed by atoms with van der Waals surface area (Å²) in [4.78, 5) is 11.7. The van der Waals surface area contributed by atoms with Crippen LogP contribution in [0.5, 0.6) is 0 Å². The van der Waals surface area contributed by atoms with Crippen LogP contribution in [0.4, 0.5) is 5.95 Å². The Kier molecular flexibility index (Phi) is 5.81. The average Bonchev–Trinajstić information content (AvgIpc) is 2.59. The Morgan fingerprint density at radius 3 is 2.22 bits per heavy atom. The Morgan fingerprint density at radius 2 is 1.59 bits per heavy atom. The highest BCUT2D eigenvalue weighted by molar-refractivity contribution is 7.89. The second-order valence-corrected chi connectivity index (χ2v) is 9.10. The minimum Gasteiger partial charge on any atom is -0.341 e. The number of sulfonamides is 1. The van der Waals surface area contributed by atoms with Gasteiger partial charge < -0.3 is 4.90 Å². The second-order valence-electron chi connectivity index (χ2n) is 7.40. The number of hydrogen-bond donors (Lipinski definition) is 1. The molecule has 146 valence electrons. The smallest absolute Gasteiger partial charge is 0.241 e. The van der Waals surface area contributed by atoms with Gasteiger partial charge in [-0.2, -0.15) is 0 Å². The number of nitrogens with zero attached hydrogens (tertiary/aromatic N) is 3. The predicted octanol–water partition coefficient (Wildman–Crippen LogP) is 3.18. The Balaban J connectivity index is 1.81. The van der Waals surface area contributed by atoms with E-state index in [9.17, 15) is 8.42 Å². The van der Waals surface area contributed by atoms with E-state index >= 15 is 0 Å². The zero-order chi connectivity index (χ0) is 19.6. The lowest BCUT2D eigenvalue weighted by molar-refractivity contribution is 0.565. The summed E-state index contributed by atoms with van der Waals surface area (Å²) in [5.74, 6) is 0.701. The third kappa shape index (κ3) is 4.65. The Bertz CT molecular complexity index is 912. The van der Waals surface area contributed by atoms with Crippen molar-refractivity contribution in [2.45, 2.75) is 58.4 Å². The van der Waals surface area contributed by atoms with Gasteiger partial charge >= 0.3 is 0 Å². The van der Waals surface area contributed by atoms with E-state index in [1.807, 2.05) is 45.9 Å². The van der Waals surface area contributed by atoms with Crippen molar-refractivity contribution < 1.29 is 8.42 Å². The molecule has 0 aliphatic carbocycles. The fraction of sp³-hybridized carbons (Fsp3) is 0.500. The molecule has 1 N–H and O–H groups in total. The van der Waals surface area contributed by atoms with E-state index in [1.54, 1.807) is 0 Å². The molecular weight excluding hydrogens is 360 g/mol. The maximum atomic E-state index is 12.9. The summed E-state index contributed by atoms with van der Waals surface area (Å²) in [6, 6.07) is 5.63. The third-order valence-corrected chi connectivity index (χ3v) is 6.56. The molecule has 6 nitrogen and oxygen atoms in total. The van der Waals surface area contributed by atoms with Gasteiger partial charge in [-0.3, -0.25) is 0 Å². The highest BCUT2D eigenvalue weighted by Crippen LogP contribution is 2.22. The van der Waals surface area contributed by atoms with Gasteiger partial charge in [-0.1, -0.05) is 17.7 Å². The monoisotopic (exact) mass is 388 g/mol. The molecule has 3 rings (SSSR count). The number of aryl methyl sites for hydroxylation is 4. The van der Waals surface area contributed by atoms with Gasteiger partial charge in [-0.05, 0) is 64.2 Å². The van der Waals surface area contributed by atoms with E-state index in [0.717, 1.165) is 48.3 Å². The van der Waals surface area contributed by atoms with Crippen LogP contribution in [0.15, 0.2) is 23.1 Å².